The maximum absolute atomic E-state index is 12.6. The molecule has 6 heteroatoms. The molecule has 0 aromatic rings. The summed E-state index contributed by atoms with van der Waals surface area (Å²) in [6.45, 7) is 4.99. The first-order chi connectivity index (χ1) is 41.0. The van der Waals surface area contributed by atoms with Crippen molar-refractivity contribution in [3.8, 4) is 0 Å². The molecule has 2 atom stereocenters. The first-order valence-electron chi connectivity index (χ1n) is 38.1. The lowest BCUT2D eigenvalue weighted by Gasteiger charge is -2.22. The highest BCUT2D eigenvalue weighted by molar-refractivity contribution is 5.76. The summed E-state index contributed by atoms with van der Waals surface area (Å²) in [5.74, 6) is -0.0179. The van der Waals surface area contributed by atoms with Crippen LogP contribution in [0.1, 0.15) is 431 Å². The molecule has 0 aliphatic rings. The number of hydrogen-bond acceptors (Lipinski definition) is 5. The average Bonchev–Trinajstić information content (AvgIpc) is 3.49. The zero-order chi connectivity index (χ0) is 59.9. The van der Waals surface area contributed by atoms with Crippen LogP contribution < -0.4 is 5.32 Å². The second-order valence-electron chi connectivity index (χ2n) is 26.3. The number of esters is 1. The van der Waals surface area contributed by atoms with E-state index in [0.717, 1.165) is 44.9 Å². The van der Waals surface area contributed by atoms with Crippen molar-refractivity contribution < 1.29 is 24.5 Å². The SMILES string of the molecule is CCCCCCC/C=C\CCCCCCCC(=O)OCCCCCCCCCCCCCC/C=C\CCCCCCCCCCCCCCCCCC(=O)NC(CO)C(O)CCCCCCCCCCCCCCCCCCCCCCC. The van der Waals surface area contributed by atoms with Crippen LogP contribution in [0.25, 0.3) is 0 Å². The third-order valence-electron chi connectivity index (χ3n) is 18.0. The third-order valence-corrected chi connectivity index (χ3v) is 18.0. The molecular formula is C77H149NO5. The van der Waals surface area contributed by atoms with Gasteiger partial charge in [-0.3, -0.25) is 9.59 Å². The number of carbonyl (C=O) groups excluding carboxylic acids is 2. The van der Waals surface area contributed by atoms with Crippen LogP contribution in [0.5, 0.6) is 0 Å². The van der Waals surface area contributed by atoms with E-state index in [2.05, 4.69) is 43.5 Å². The predicted molar refractivity (Wildman–Crippen MR) is 366 cm³/mol. The van der Waals surface area contributed by atoms with Gasteiger partial charge < -0.3 is 20.3 Å². The Morgan fingerprint density at radius 1 is 0.325 bits per heavy atom. The van der Waals surface area contributed by atoms with Gasteiger partial charge in [0.2, 0.25) is 5.91 Å². The van der Waals surface area contributed by atoms with Crippen LogP contribution in [-0.4, -0.2) is 47.4 Å². The van der Waals surface area contributed by atoms with E-state index in [9.17, 15) is 19.8 Å². The summed E-state index contributed by atoms with van der Waals surface area (Å²) in [6.07, 6.45) is 92.5. The quantitative estimate of drug-likeness (QED) is 0.0320. The number of nitrogens with one attached hydrogen (secondary N) is 1. The molecular weight excluding hydrogens is 1020 g/mol. The first kappa shape index (κ1) is 81.3. The largest absolute Gasteiger partial charge is 0.466 e. The smallest absolute Gasteiger partial charge is 0.305 e. The van der Waals surface area contributed by atoms with Gasteiger partial charge in [0.15, 0.2) is 0 Å². The lowest BCUT2D eigenvalue weighted by Crippen LogP contribution is -2.45. The number of rotatable bonds is 72. The number of unbranched alkanes of at least 4 members (excludes halogenated alkanes) is 57. The molecule has 6 nitrogen and oxygen atoms in total. The van der Waals surface area contributed by atoms with Crippen molar-refractivity contribution in [3.05, 3.63) is 24.3 Å². The molecule has 0 aromatic heterocycles. The number of aliphatic hydroxyl groups excluding tert-OH is 2. The van der Waals surface area contributed by atoms with E-state index < -0.39 is 12.1 Å². The number of allylic oxidation sites excluding steroid dienone is 4. The Bertz CT molecular complexity index is 1300. The number of hydrogen-bond donors (Lipinski definition) is 3. The van der Waals surface area contributed by atoms with E-state index in [1.54, 1.807) is 0 Å². The number of ether oxygens (including phenoxy) is 1. The van der Waals surface area contributed by atoms with Crippen molar-refractivity contribution >= 4 is 11.9 Å². The third kappa shape index (κ3) is 69.3. The maximum Gasteiger partial charge on any atom is 0.305 e. The highest BCUT2D eigenvalue weighted by atomic mass is 16.5. The van der Waals surface area contributed by atoms with Crippen LogP contribution in [-0.2, 0) is 14.3 Å². The number of amides is 1. The monoisotopic (exact) mass is 1170 g/mol. The van der Waals surface area contributed by atoms with E-state index in [-0.39, 0.29) is 18.5 Å². The minimum atomic E-state index is -0.664. The van der Waals surface area contributed by atoms with Crippen molar-refractivity contribution in [1.82, 2.24) is 5.32 Å². The van der Waals surface area contributed by atoms with Gasteiger partial charge in [-0.05, 0) is 77.0 Å². The Kier molecular flexibility index (Phi) is 71.4. The second-order valence-corrected chi connectivity index (χ2v) is 26.3. The molecule has 0 aliphatic heterocycles. The molecule has 3 N–H and O–H groups in total. The van der Waals surface area contributed by atoms with Crippen molar-refractivity contribution in [1.29, 1.82) is 0 Å². The average molecular weight is 1170 g/mol. The minimum Gasteiger partial charge on any atom is -0.466 e. The fourth-order valence-electron chi connectivity index (χ4n) is 12.2. The summed E-state index contributed by atoms with van der Waals surface area (Å²) >= 11 is 0. The second kappa shape index (κ2) is 72.8. The van der Waals surface area contributed by atoms with Gasteiger partial charge in [0, 0.05) is 12.8 Å². The fourth-order valence-corrected chi connectivity index (χ4v) is 12.2. The van der Waals surface area contributed by atoms with Crippen LogP contribution in [0.4, 0.5) is 0 Å². The molecule has 0 saturated heterocycles. The molecule has 0 heterocycles. The molecule has 2 unspecified atom stereocenters. The molecule has 0 spiro atoms. The van der Waals surface area contributed by atoms with Crippen LogP contribution in [0.2, 0.25) is 0 Å². The first-order valence-corrected chi connectivity index (χ1v) is 38.1. The standard InChI is InChI=1S/C77H149NO5/c1-3-5-7-9-11-13-15-17-19-20-21-33-36-39-42-45-49-53-57-61-65-69-75(80)74(73-79)78-76(81)70-66-62-58-54-50-46-43-40-37-34-31-29-27-25-23-22-24-26-28-30-32-35-38-41-44-48-52-56-60-64-68-72-83-77(82)71-67-63-59-55-51-47-18-16-14-12-10-8-6-4-2/h16,18,24,26,74-75,79-80H,3-15,17,19-23,25,27-73H2,1-2H3,(H,78,81)/b18-16-,26-24-. The molecule has 492 valence electrons. The van der Waals surface area contributed by atoms with Crippen LogP contribution in [0.15, 0.2) is 24.3 Å². The van der Waals surface area contributed by atoms with Crippen molar-refractivity contribution in [2.75, 3.05) is 13.2 Å². The van der Waals surface area contributed by atoms with Gasteiger partial charge in [-0.25, -0.2) is 0 Å². The zero-order valence-electron chi connectivity index (χ0n) is 56.5. The Balaban J connectivity index is 3.36. The van der Waals surface area contributed by atoms with Crippen LogP contribution in [0.3, 0.4) is 0 Å². The Labute approximate surface area is 520 Å². The van der Waals surface area contributed by atoms with Crippen molar-refractivity contribution in [2.24, 2.45) is 0 Å². The maximum atomic E-state index is 12.6. The summed E-state index contributed by atoms with van der Waals surface area (Å²) in [7, 11) is 0. The molecule has 0 saturated carbocycles. The van der Waals surface area contributed by atoms with E-state index in [1.807, 2.05) is 0 Å². The molecule has 0 fully saturated rings. The molecule has 0 aliphatic carbocycles. The molecule has 0 bridgehead atoms. The molecule has 0 rings (SSSR count). The van der Waals surface area contributed by atoms with Gasteiger partial charge in [0.25, 0.3) is 0 Å². The van der Waals surface area contributed by atoms with E-state index in [4.69, 9.17) is 4.74 Å². The lowest BCUT2D eigenvalue weighted by atomic mass is 10.0. The summed E-state index contributed by atoms with van der Waals surface area (Å²) < 4.78 is 5.49. The Morgan fingerprint density at radius 3 is 0.855 bits per heavy atom. The van der Waals surface area contributed by atoms with E-state index in [1.165, 1.54) is 353 Å². The van der Waals surface area contributed by atoms with Gasteiger partial charge in [-0.1, -0.05) is 366 Å². The Morgan fingerprint density at radius 2 is 0.566 bits per heavy atom. The van der Waals surface area contributed by atoms with E-state index >= 15 is 0 Å². The van der Waals surface area contributed by atoms with Gasteiger partial charge >= 0.3 is 5.97 Å². The van der Waals surface area contributed by atoms with Gasteiger partial charge in [-0.2, -0.15) is 0 Å². The number of aliphatic hydroxyl groups is 2. The summed E-state index contributed by atoms with van der Waals surface area (Å²) in [5, 5.41) is 23.4. The molecule has 1 amide bonds. The topological polar surface area (TPSA) is 95.9 Å². The minimum absolute atomic E-state index is 0.00998. The van der Waals surface area contributed by atoms with Crippen LogP contribution in [0, 0.1) is 0 Å². The summed E-state index contributed by atoms with van der Waals surface area (Å²) in [4.78, 5) is 24.6. The molecule has 0 aromatic carbocycles. The fraction of sp³-hybridized carbons (Fsp3) is 0.922. The van der Waals surface area contributed by atoms with Crippen molar-refractivity contribution in [3.63, 3.8) is 0 Å². The summed E-state index contributed by atoms with van der Waals surface area (Å²) in [6, 6.07) is -0.541. The molecule has 83 heavy (non-hydrogen) atoms. The van der Waals surface area contributed by atoms with Crippen LogP contribution >= 0.6 is 0 Å². The van der Waals surface area contributed by atoms with Gasteiger partial charge in [0.1, 0.15) is 0 Å². The Hall–Kier alpha value is -1.66. The highest BCUT2D eigenvalue weighted by Crippen LogP contribution is 2.19. The highest BCUT2D eigenvalue weighted by Gasteiger charge is 2.20. The number of carbonyl (C=O) groups is 2. The van der Waals surface area contributed by atoms with Gasteiger partial charge in [0.05, 0.1) is 25.4 Å². The predicted octanol–water partition coefficient (Wildman–Crippen LogP) is 24.9. The lowest BCUT2D eigenvalue weighted by molar-refractivity contribution is -0.143. The summed E-state index contributed by atoms with van der Waals surface area (Å²) in [5.41, 5.74) is 0. The molecule has 0 radical (unpaired) electrons. The van der Waals surface area contributed by atoms with Crippen molar-refractivity contribution in [2.45, 2.75) is 443 Å². The normalized spacial score (nSPS) is 12.6. The zero-order valence-corrected chi connectivity index (χ0v) is 56.5. The van der Waals surface area contributed by atoms with E-state index in [0.29, 0.717) is 25.9 Å². The van der Waals surface area contributed by atoms with Gasteiger partial charge in [-0.15, -0.1) is 0 Å².